The third-order valence-corrected chi connectivity index (χ3v) is 2.12. The molecule has 0 saturated carbocycles. The first-order valence-corrected chi connectivity index (χ1v) is 5.28. The highest BCUT2D eigenvalue weighted by Crippen LogP contribution is 2.31. The monoisotopic (exact) mass is 236 g/mol. The molecule has 0 aliphatic rings. The lowest BCUT2D eigenvalue weighted by Crippen LogP contribution is -1.99. The zero-order valence-corrected chi connectivity index (χ0v) is 10.2. The van der Waals surface area contributed by atoms with Gasteiger partial charge in [0, 0.05) is 11.6 Å². The highest BCUT2D eigenvalue weighted by Gasteiger charge is 2.07. The van der Waals surface area contributed by atoms with Crippen LogP contribution in [0.4, 0.5) is 0 Å². The van der Waals surface area contributed by atoms with Crippen LogP contribution in [0, 0.1) is 0 Å². The molecule has 1 rings (SSSR count). The molecule has 0 aliphatic carbocycles. The molecule has 0 spiro atoms. The lowest BCUT2D eigenvalue weighted by Gasteiger charge is -2.09. The minimum atomic E-state index is -0.377. The highest BCUT2D eigenvalue weighted by molar-refractivity contribution is 5.87. The van der Waals surface area contributed by atoms with Crippen molar-refractivity contribution in [3.05, 3.63) is 29.8 Å². The van der Waals surface area contributed by atoms with Crippen molar-refractivity contribution >= 4 is 12.0 Å². The summed E-state index contributed by atoms with van der Waals surface area (Å²) in [6.07, 6.45) is 3.00. The molecule has 0 saturated heterocycles. The minimum absolute atomic E-state index is 0.360. The summed E-state index contributed by atoms with van der Waals surface area (Å²) in [4.78, 5) is 11.2. The lowest BCUT2D eigenvalue weighted by molar-refractivity contribution is -0.137. The van der Waals surface area contributed by atoms with E-state index in [1.165, 1.54) is 6.08 Å². The molecule has 17 heavy (non-hydrogen) atoms. The van der Waals surface area contributed by atoms with Gasteiger partial charge in [0.25, 0.3) is 0 Å². The quantitative estimate of drug-likeness (QED) is 0.581. The normalized spacial score (nSPS) is 10.3. The third kappa shape index (κ3) is 3.52. The number of ether oxygens (including phenoxy) is 3. The SMILES string of the molecule is CCOC(=O)C=Cc1cccc(OC)c1OC. The van der Waals surface area contributed by atoms with Crippen molar-refractivity contribution in [1.82, 2.24) is 0 Å². The number of benzene rings is 1. The van der Waals surface area contributed by atoms with Gasteiger partial charge in [0.15, 0.2) is 11.5 Å². The molecule has 0 N–H and O–H groups in total. The second-order valence-corrected chi connectivity index (χ2v) is 3.17. The van der Waals surface area contributed by atoms with Crippen LogP contribution in [0.1, 0.15) is 12.5 Å². The lowest BCUT2D eigenvalue weighted by atomic mass is 10.1. The van der Waals surface area contributed by atoms with Gasteiger partial charge < -0.3 is 14.2 Å². The first-order valence-electron chi connectivity index (χ1n) is 5.28. The van der Waals surface area contributed by atoms with Crippen LogP contribution in [-0.2, 0) is 9.53 Å². The van der Waals surface area contributed by atoms with E-state index in [-0.39, 0.29) is 5.97 Å². The van der Waals surface area contributed by atoms with Crippen LogP contribution in [-0.4, -0.2) is 26.8 Å². The van der Waals surface area contributed by atoms with Crippen molar-refractivity contribution in [2.75, 3.05) is 20.8 Å². The van der Waals surface area contributed by atoms with Gasteiger partial charge in [-0.05, 0) is 19.1 Å². The van der Waals surface area contributed by atoms with Crippen LogP contribution in [0.15, 0.2) is 24.3 Å². The van der Waals surface area contributed by atoms with Gasteiger partial charge in [0.05, 0.1) is 20.8 Å². The van der Waals surface area contributed by atoms with Crippen LogP contribution in [0.25, 0.3) is 6.08 Å². The van der Waals surface area contributed by atoms with Gasteiger partial charge in [-0.15, -0.1) is 0 Å². The van der Waals surface area contributed by atoms with Gasteiger partial charge >= 0.3 is 5.97 Å². The molecule has 0 atom stereocenters. The number of hydrogen-bond acceptors (Lipinski definition) is 4. The summed E-state index contributed by atoms with van der Waals surface area (Å²) in [7, 11) is 3.12. The molecule has 0 fully saturated rings. The maximum absolute atomic E-state index is 11.2. The molecule has 4 heteroatoms. The summed E-state index contributed by atoms with van der Waals surface area (Å²) < 4.78 is 15.2. The molecule has 0 aromatic heterocycles. The van der Waals surface area contributed by atoms with E-state index in [2.05, 4.69) is 0 Å². The van der Waals surface area contributed by atoms with Gasteiger partial charge in [-0.2, -0.15) is 0 Å². The third-order valence-electron chi connectivity index (χ3n) is 2.12. The Morgan fingerprint density at radius 2 is 2.06 bits per heavy atom. The number of carbonyl (C=O) groups excluding carboxylic acids is 1. The fraction of sp³-hybridized carbons (Fsp3) is 0.308. The van der Waals surface area contributed by atoms with E-state index in [0.717, 1.165) is 5.56 Å². The van der Waals surface area contributed by atoms with E-state index in [0.29, 0.717) is 18.1 Å². The number of carbonyl (C=O) groups is 1. The van der Waals surface area contributed by atoms with Crippen LogP contribution >= 0.6 is 0 Å². The molecule has 0 radical (unpaired) electrons. The smallest absolute Gasteiger partial charge is 0.330 e. The summed E-state index contributed by atoms with van der Waals surface area (Å²) in [6.45, 7) is 2.12. The summed E-state index contributed by atoms with van der Waals surface area (Å²) in [5.41, 5.74) is 0.764. The molecule has 0 bridgehead atoms. The predicted octanol–water partition coefficient (Wildman–Crippen LogP) is 2.28. The van der Waals surface area contributed by atoms with Crippen molar-refractivity contribution in [1.29, 1.82) is 0 Å². The molecule has 4 nitrogen and oxygen atoms in total. The molecule has 0 unspecified atom stereocenters. The predicted molar refractivity (Wildman–Crippen MR) is 65.2 cm³/mol. The molecule has 92 valence electrons. The van der Waals surface area contributed by atoms with E-state index in [1.54, 1.807) is 33.3 Å². The molecule has 1 aromatic carbocycles. The van der Waals surface area contributed by atoms with Gasteiger partial charge in [-0.25, -0.2) is 4.79 Å². The number of para-hydroxylation sites is 1. The Bertz CT molecular complexity index is 410. The Labute approximate surface area is 101 Å². The second-order valence-electron chi connectivity index (χ2n) is 3.17. The number of hydrogen-bond donors (Lipinski definition) is 0. The Morgan fingerprint density at radius 3 is 2.65 bits per heavy atom. The Hall–Kier alpha value is -1.97. The Kier molecular flexibility index (Phi) is 5.07. The number of rotatable bonds is 5. The molecular weight excluding hydrogens is 220 g/mol. The standard InChI is InChI=1S/C13H16O4/c1-4-17-12(14)9-8-10-6-5-7-11(15-2)13(10)16-3/h5-9H,4H2,1-3H3. The average molecular weight is 236 g/mol. The van der Waals surface area contributed by atoms with Gasteiger partial charge in [-0.3, -0.25) is 0 Å². The number of esters is 1. The largest absolute Gasteiger partial charge is 0.493 e. The Balaban J connectivity index is 2.94. The fourth-order valence-electron chi connectivity index (χ4n) is 1.39. The van der Waals surface area contributed by atoms with Crippen LogP contribution < -0.4 is 9.47 Å². The Morgan fingerprint density at radius 1 is 1.29 bits per heavy atom. The van der Waals surface area contributed by atoms with Crippen LogP contribution in [0.5, 0.6) is 11.5 Å². The molecule has 1 aromatic rings. The maximum Gasteiger partial charge on any atom is 0.330 e. The fourth-order valence-corrected chi connectivity index (χ4v) is 1.39. The second kappa shape index (κ2) is 6.58. The topological polar surface area (TPSA) is 44.8 Å². The zero-order valence-electron chi connectivity index (χ0n) is 10.2. The van der Waals surface area contributed by atoms with Crippen LogP contribution in [0.2, 0.25) is 0 Å². The van der Waals surface area contributed by atoms with E-state index < -0.39 is 0 Å². The summed E-state index contributed by atoms with van der Waals surface area (Å²) in [6, 6.07) is 5.45. The van der Waals surface area contributed by atoms with Gasteiger partial charge in [-0.1, -0.05) is 12.1 Å². The van der Waals surface area contributed by atoms with Crippen molar-refractivity contribution in [2.24, 2.45) is 0 Å². The summed E-state index contributed by atoms with van der Waals surface area (Å²) in [5.74, 6) is 0.839. The van der Waals surface area contributed by atoms with E-state index in [9.17, 15) is 4.79 Å². The zero-order chi connectivity index (χ0) is 12.7. The average Bonchev–Trinajstić information content (AvgIpc) is 2.36. The van der Waals surface area contributed by atoms with Gasteiger partial charge in [0.1, 0.15) is 0 Å². The van der Waals surface area contributed by atoms with E-state index in [4.69, 9.17) is 14.2 Å². The van der Waals surface area contributed by atoms with Gasteiger partial charge in [0.2, 0.25) is 0 Å². The van der Waals surface area contributed by atoms with Crippen molar-refractivity contribution in [3.63, 3.8) is 0 Å². The summed E-state index contributed by atoms with van der Waals surface area (Å²) >= 11 is 0. The van der Waals surface area contributed by atoms with E-state index in [1.807, 2.05) is 12.1 Å². The minimum Gasteiger partial charge on any atom is -0.493 e. The first kappa shape index (κ1) is 13.1. The van der Waals surface area contributed by atoms with Crippen molar-refractivity contribution in [2.45, 2.75) is 6.92 Å². The highest BCUT2D eigenvalue weighted by atomic mass is 16.5. The molecule has 0 heterocycles. The first-order chi connectivity index (χ1) is 8.22. The maximum atomic E-state index is 11.2. The number of methoxy groups -OCH3 is 2. The molecular formula is C13H16O4. The molecule has 0 amide bonds. The molecule has 0 aliphatic heterocycles. The van der Waals surface area contributed by atoms with Crippen molar-refractivity contribution < 1.29 is 19.0 Å². The van der Waals surface area contributed by atoms with Crippen molar-refractivity contribution in [3.8, 4) is 11.5 Å². The van der Waals surface area contributed by atoms with E-state index >= 15 is 0 Å². The summed E-state index contributed by atoms with van der Waals surface area (Å²) in [5, 5.41) is 0. The van der Waals surface area contributed by atoms with Crippen LogP contribution in [0.3, 0.4) is 0 Å².